The van der Waals surface area contributed by atoms with Gasteiger partial charge in [0.25, 0.3) is 0 Å². The summed E-state index contributed by atoms with van der Waals surface area (Å²) in [5.74, 6) is 0. The van der Waals surface area contributed by atoms with Crippen LogP contribution in [-0.2, 0) is 22.9 Å². The van der Waals surface area contributed by atoms with Gasteiger partial charge < -0.3 is 14.8 Å². The normalized spacial score (nSPS) is 22.0. The Balaban J connectivity index is 1.94. The van der Waals surface area contributed by atoms with Gasteiger partial charge in [0.1, 0.15) is 0 Å². The van der Waals surface area contributed by atoms with Crippen LogP contribution in [0, 0.1) is 0 Å². The molecule has 0 amide bonds. The second-order valence-corrected chi connectivity index (χ2v) is 4.73. The van der Waals surface area contributed by atoms with Crippen molar-refractivity contribution in [3.63, 3.8) is 0 Å². The maximum Gasteiger partial charge on any atom is 0.0965 e. The molecule has 0 saturated carbocycles. The fraction of sp³-hybridized carbons (Fsp3) is 0.769. The summed E-state index contributed by atoms with van der Waals surface area (Å²) in [7, 11) is 1.94. The van der Waals surface area contributed by atoms with Gasteiger partial charge in [-0.15, -0.1) is 0 Å². The monoisotopic (exact) mass is 253 g/mol. The minimum atomic E-state index is 0.132. The molecule has 0 bridgehead atoms. The first kappa shape index (κ1) is 13.5. The molecule has 1 fully saturated rings. The van der Waals surface area contributed by atoms with Gasteiger partial charge in [-0.1, -0.05) is 6.92 Å². The highest BCUT2D eigenvalue weighted by Gasteiger charge is 2.25. The van der Waals surface area contributed by atoms with Crippen molar-refractivity contribution < 1.29 is 9.47 Å². The molecular weight excluding hydrogens is 230 g/mol. The summed E-state index contributed by atoms with van der Waals surface area (Å²) in [5, 5.41) is 7.98. The quantitative estimate of drug-likeness (QED) is 0.812. The molecule has 2 heterocycles. The van der Waals surface area contributed by atoms with Crippen LogP contribution < -0.4 is 5.32 Å². The lowest BCUT2D eigenvalue weighted by Crippen LogP contribution is -2.48. The van der Waals surface area contributed by atoms with Crippen LogP contribution in [0.15, 0.2) is 12.3 Å². The van der Waals surface area contributed by atoms with Crippen molar-refractivity contribution in [2.45, 2.75) is 31.9 Å². The van der Waals surface area contributed by atoms with Crippen molar-refractivity contribution in [3.05, 3.63) is 18.0 Å². The number of nitrogens with zero attached hydrogens (tertiary/aromatic N) is 2. The summed E-state index contributed by atoms with van der Waals surface area (Å²) in [6, 6.07) is 2.34. The molecule has 2 rings (SSSR count). The third-order valence-corrected chi connectivity index (χ3v) is 3.14. The standard InChI is InChI=1S/C13H23N3O2/c1-3-5-14-12(13-10-17-7-8-18-13)9-11-4-6-16(2)15-11/h4,6,12-14H,3,5,7-10H2,1-2H3. The zero-order chi connectivity index (χ0) is 12.8. The van der Waals surface area contributed by atoms with Gasteiger partial charge >= 0.3 is 0 Å². The minimum Gasteiger partial charge on any atom is -0.376 e. The molecule has 1 aromatic heterocycles. The van der Waals surface area contributed by atoms with Crippen molar-refractivity contribution in [2.24, 2.45) is 7.05 Å². The molecule has 1 aliphatic heterocycles. The highest BCUT2D eigenvalue weighted by molar-refractivity contribution is 5.02. The summed E-state index contributed by atoms with van der Waals surface area (Å²) < 4.78 is 13.1. The van der Waals surface area contributed by atoms with E-state index >= 15 is 0 Å². The van der Waals surface area contributed by atoms with Crippen LogP contribution in [-0.4, -0.2) is 48.3 Å². The first-order valence-electron chi connectivity index (χ1n) is 6.71. The van der Waals surface area contributed by atoms with E-state index in [0.29, 0.717) is 19.8 Å². The molecule has 5 heteroatoms. The van der Waals surface area contributed by atoms with Crippen LogP contribution in [0.1, 0.15) is 19.0 Å². The molecule has 0 aromatic carbocycles. The smallest absolute Gasteiger partial charge is 0.0965 e. The van der Waals surface area contributed by atoms with Crippen LogP contribution in [0.2, 0.25) is 0 Å². The summed E-state index contributed by atoms with van der Waals surface area (Å²) in [4.78, 5) is 0. The maximum atomic E-state index is 5.79. The van der Waals surface area contributed by atoms with E-state index in [1.54, 1.807) is 0 Å². The van der Waals surface area contributed by atoms with Crippen molar-refractivity contribution in [1.29, 1.82) is 0 Å². The second-order valence-electron chi connectivity index (χ2n) is 4.73. The largest absolute Gasteiger partial charge is 0.376 e. The Labute approximate surface area is 108 Å². The fourth-order valence-electron chi connectivity index (χ4n) is 2.20. The third-order valence-electron chi connectivity index (χ3n) is 3.14. The molecule has 18 heavy (non-hydrogen) atoms. The predicted octanol–water partition coefficient (Wildman–Crippen LogP) is 0.746. The molecule has 1 N–H and O–H groups in total. The van der Waals surface area contributed by atoms with Gasteiger partial charge in [-0.05, 0) is 19.0 Å². The lowest BCUT2D eigenvalue weighted by atomic mass is 10.1. The van der Waals surface area contributed by atoms with Gasteiger partial charge in [-0.2, -0.15) is 5.10 Å². The lowest BCUT2D eigenvalue weighted by Gasteiger charge is -2.30. The maximum absolute atomic E-state index is 5.79. The molecule has 5 nitrogen and oxygen atoms in total. The van der Waals surface area contributed by atoms with E-state index in [9.17, 15) is 0 Å². The first-order chi connectivity index (χ1) is 8.79. The summed E-state index contributed by atoms with van der Waals surface area (Å²) in [6.07, 6.45) is 4.11. The van der Waals surface area contributed by atoms with Crippen LogP contribution >= 0.6 is 0 Å². The van der Waals surface area contributed by atoms with Crippen LogP contribution in [0.4, 0.5) is 0 Å². The van der Waals surface area contributed by atoms with E-state index in [0.717, 1.165) is 25.1 Å². The number of aromatic nitrogens is 2. The van der Waals surface area contributed by atoms with Crippen molar-refractivity contribution in [3.8, 4) is 0 Å². The zero-order valence-corrected chi connectivity index (χ0v) is 11.3. The fourth-order valence-corrected chi connectivity index (χ4v) is 2.20. The van der Waals surface area contributed by atoms with Gasteiger partial charge in [0.2, 0.25) is 0 Å². The highest BCUT2D eigenvalue weighted by atomic mass is 16.6. The molecule has 2 unspecified atom stereocenters. The topological polar surface area (TPSA) is 48.3 Å². The number of hydrogen-bond acceptors (Lipinski definition) is 4. The molecule has 0 aliphatic carbocycles. The zero-order valence-electron chi connectivity index (χ0n) is 11.3. The molecular formula is C13H23N3O2. The minimum absolute atomic E-state index is 0.132. The first-order valence-corrected chi connectivity index (χ1v) is 6.71. The highest BCUT2D eigenvalue weighted by Crippen LogP contribution is 2.11. The van der Waals surface area contributed by atoms with Gasteiger partial charge in [0.05, 0.1) is 31.6 Å². The number of ether oxygens (including phenoxy) is 2. The molecule has 2 atom stereocenters. The number of aryl methyl sites for hydroxylation is 1. The Hall–Kier alpha value is -0.910. The van der Waals surface area contributed by atoms with Crippen LogP contribution in [0.5, 0.6) is 0 Å². The Bertz CT molecular complexity index is 348. The molecule has 1 aromatic rings. The van der Waals surface area contributed by atoms with E-state index in [4.69, 9.17) is 9.47 Å². The molecule has 1 aliphatic rings. The van der Waals surface area contributed by atoms with Crippen LogP contribution in [0.3, 0.4) is 0 Å². The van der Waals surface area contributed by atoms with E-state index in [2.05, 4.69) is 23.4 Å². The molecule has 0 spiro atoms. The van der Waals surface area contributed by atoms with Crippen molar-refractivity contribution in [2.75, 3.05) is 26.4 Å². The van der Waals surface area contributed by atoms with Crippen LogP contribution in [0.25, 0.3) is 0 Å². The summed E-state index contributed by atoms with van der Waals surface area (Å²) >= 11 is 0. The molecule has 1 saturated heterocycles. The molecule has 102 valence electrons. The number of rotatable bonds is 6. The summed E-state index contributed by atoms with van der Waals surface area (Å²) in [5.41, 5.74) is 1.10. The van der Waals surface area contributed by atoms with E-state index in [1.807, 2.05) is 17.9 Å². The average molecular weight is 253 g/mol. The van der Waals surface area contributed by atoms with Gasteiger partial charge in [-0.3, -0.25) is 4.68 Å². The predicted molar refractivity (Wildman–Crippen MR) is 69.6 cm³/mol. The second kappa shape index (κ2) is 6.87. The average Bonchev–Trinajstić information content (AvgIpc) is 2.81. The summed E-state index contributed by atoms with van der Waals surface area (Å²) in [6.45, 7) is 5.24. The van der Waals surface area contributed by atoms with Crippen molar-refractivity contribution >= 4 is 0 Å². The Morgan fingerprint density at radius 2 is 2.44 bits per heavy atom. The Morgan fingerprint density at radius 3 is 3.06 bits per heavy atom. The molecule has 0 radical (unpaired) electrons. The third kappa shape index (κ3) is 3.80. The number of nitrogens with one attached hydrogen (secondary N) is 1. The van der Waals surface area contributed by atoms with E-state index in [1.165, 1.54) is 0 Å². The van der Waals surface area contributed by atoms with Gasteiger partial charge in [-0.25, -0.2) is 0 Å². The van der Waals surface area contributed by atoms with Gasteiger partial charge in [0.15, 0.2) is 0 Å². The van der Waals surface area contributed by atoms with Gasteiger partial charge in [0, 0.05) is 25.7 Å². The number of hydrogen-bond donors (Lipinski definition) is 1. The Morgan fingerprint density at radius 1 is 1.56 bits per heavy atom. The Kier molecular flexibility index (Phi) is 5.16. The SMILES string of the molecule is CCCNC(Cc1ccn(C)n1)C1COCCO1. The van der Waals surface area contributed by atoms with E-state index < -0.39 is 0 Å². The van der Waals surface area contributed by atoms with E-state index in [-0.39, 0.29) is 12.1 Å². The lowest BCUT2D eigenvalue weighted by molar-refractivity contribution is -0.101. The van der Waals surface area contributed by atoms with Crippen molar-refractivity contribution in [1.82, 2.24) is 15.1 Å².